The molecule has 0 unspecified atom stereocenters. The van der Waals surface area contributed by atoms with E-state index in [9.17, 15) is 9.59 Å². The van der Waals surface area contributed by atoms with E-state index >= 15 is 0 Å². The topological polar surface area (TPSA) is 76.0 Å². The number of hydrogen-bond acceptors (Lipinski definition) is 3. The number of nitrogens with one attached hydrogen (secondary N) is 2. The van der Waals surface area contributed by atoms with Crippen LogP contribution in [0.2, 0.25) is 10.2 Å². The third kappa shape index (κ3) is 5.84. The molecule has 8 heteroatoms. The van der Waals surface area contributed by atoms with Crippen LogP contribution < -0.4 is 10.6 Å². The summed E-state index contributed by atoms with van der Waals surface area (Å²) in [5.41, 5.74) is 2.50. The number of anilines is 2. The van der Waals surface area contributed by atoms with E-state index in [1.165, 1.54) is 13.0 Å². The SMILES string of the molecule is CCCCn1nc(C)c(/C=C/C(=O)Nc2ccc(NC(C)=O)c(Cl)c2)c1Cl. The highest BCUT2D eigenvalue weighted by atomic mass is 35.5. The van der Waals surface area contributed by atoms with Crippen LogP contribution in [-0.2, 0) is 16.1 Å². The fourth-order valence-electron chi connectivity index (χ4n) is 2.44. The maximum absolute atomic E-state index is 12.2. The van der Waals surface area contributed by atoms with Crippen molar-refractivity contribution in [2.75, 3.05) is 10.6 Å². The van der Waals surface area contributed by atoms with Gasteiger partial charge in [-0.05, 0) is 37.6 Å². The number of nitrogens with zero attached hydrogens (tertiary/aromatic N) is 2. The first kappa shape index (κ1) is 21.0. The molecule has 0 bridgehead atoms. The normalized spacial score (nSPS) is 11.0. The standard InChI is InChI=1S/C19H22Cl2N4O2/c1-4-5-10-25-19(21)15(12(2)24-25)7-9-18(27)23-14-6-8-17(16(20)11-14)22-13(3)26/h6-9,11H,4-5,10H2,1-3H3,(H,22,26)(H,23,27)/b9-7+. The number of rotatable bonds is 7. The Kier molecular flexibility index (Phi) is 7.45. The lowest BCUT2D eigenvalue weighted by atomic mass is 10.2. The summed E-state index contributed by atoms with van der Waals surface area (Å²) in [4.78, 5) is 23.3. The lowest BCUT2D eigenvalue weighted by Crippen LogP contribution is -2.09. The number of aryl methyl sites for hydroxylation is 2. The molecule has 0 saturated heterocycles. The second-order valence-corrected chi connectivity index (χ2v) is 6.83. The van der Waals surface area contributed by atoms with Crippen LogP contribution in [0.1, 0.15) is 37.9 Å². The van der Waals surface area contributed by atoms with Gasteiger partial charge in [0, 0.05) is 30.8 Å². The zero-order valence-electron chi connectivity index (χ0n) is 15.5. The Bertz CT molecular complexity index is 875. The molecule has 27 heavy (non-hydrogen) atoms. The summed E-state index contributed by atoms with van der Waals surface area (Å²) in [5, 5.41) is 10.6. The van der Waals surface area contributed by atoms with Crippen LogP contribution in [0.25, 0.3) is 6.08 Å². The summed E-state index contributed by atoms with van der Waals surface area (Å²) in [7, 11) is 0. The average Bonchev–Trinajstić information content (AvgIpc) is 2.87. The Morgan fingerprint density at radius 2 is 2.00 bits per heavy atom. The predicted molar refractivity (Wildman–Crippen MR) is 110 cm³/mol. The molecule has 1 aromatic carbocycles. The van der Waals surface area contributed by atoms with Crippen molar-refractivity contribution in [3.63, 3.8) is 0 Å². The third-order valence-electron chi connectivity index (χ3n) is 3.78. The molecule has 2 rings (SSSR count). The number of amides is 2. The maximum atomic E-state index is 12.2. The third-order valence-corrected chi connectivity index (χ3v) is 4.49. The minimum atomic E-state index is -0.324. The minimum absolute atomic E-state index is 0.219. The number of carbonyl (C=O) groups excluding carboxylic acids is 2. The summed E-state index contributed by atoms with van der Waals surface area (Å²) in [6.45, 7) is 6.10. The van der Waals surface area contributed by atoms with Crippen LogP contribution in [0.3, 0.4) is 0 Å². The van der Waals surface area contributed by atoms with Gasteiger partial charge in [0.2, 0.25) is 11.8 Å². The van der Waals surface area contributed by atoms with Crippen LogP contribution >= 0.6 is 23.2 Å². The molecule has 0 saturated carbocycles. The minimum Gasteiger partial charge on any atom is -0.325 e. The van der Waals surface area contributed by atoms with E-state index in [0.717, 1.165) is 30.6 Å². The van der Waals surface area contributed by atoms with Crippen LogP contribution in [-0.4, -0.2) is 21.6 Å². The molecule has 0 aliphatic heterocycles. The molecule has 6 nitrogen and oxygen atoms in total. The molecular weight excluding hydrogens is 387 g/mol. The van der Waals surface area contributed by atoms with Crippen LogP contribution in [0.5, 0.6) is 0 Å². The Labute approximate surface area is 168 Å². The second-order valence-electron chi connectivity index (χ2n) is 6.06. The molecule has 0 radical (unpaired) electrons. The Morgan fingerprint density at radius 3 is 2.63 bits per heavy atom. The second kappa shape index (κ2) is 9.58. The monoisotopic (exact) mass is 408 g/mol. The Morgan fingerprint density at radius 1 is 1.26 bits per heavy atom. The first-order valence-electron chi connectivity index (χ1n) is 8.61. The van der Waals surface area contributed by atoms with Gasteiger partial charge in [-0.25, -0.2) is 0 Å². The summed E-state index contributed by atoms with van der Waals surface area (Å²) >= 11 is 12.5. The molecule has 144 valence electrons. The van der Waals surface area contributed by atoms with Gasteiger partial charge >= 0.3 is 0 Å². The fraction of sp³-hybridized carbons (Fsp3) is 0.316. The molecule has 0 aliphatic carbocycles. The Balaban J connectivity index is 2.06. The summed E-state index contributed by atoms with van der Waals surface area (Å²) in [5.74, 6) is -0.543. The van der Waals surface area contributed by atoms with E-state index in [-0.39, 0.29) is 11.8 Å². The highest BCUT2D eigenvalue weighted by molar-refractivity contribution is 6.34. The van der Waals surface area contributed by atoms with Gasteiger partial charge in [-0.2, -0.15) is 5.10 Å². The van der Waals surface area contributed by atoms with Crippen molar-refractivity contribution in [3.8, 4) is 0 Å². The molecule has 2 amide bonds. The fourth-order valence-corrected chi connectivity index (χ4v) is 2.99. The molecular formula is C19H22Cl2N4O2. The molecule has 0 aliphatic rings. The van der Waals surface area contributed by atoms with Gasteiger partial charge in [0.25, 0.3) is 0 Å². The summed E-state index contributed by atoms with van der Waals surface area (Å²) < 4.78 is 1.75. The zero-order valence-corrected chi connectivity index (χ0v) is 17.0. The molecule has 1 heterocycles. The average molecular weight is 409 g/mol. The number of hydrogen-bond donors (Lipinski definition) is 2. The maximum Gasteiger partial charge on any atom is 0.248 e. The first-order valence-corrected chi connectivity index (χ1v) is 9.36. The van der Waals surface area contributed by atoms with Gasteiger partial charge in [-0.3, -0.25) is 14.3 Å². The molecule has 0 atom stereocenters. The van der Waals surface area contributed by atoms with E-state index in [1.807, 2.05) is 6.92 Å². The Hall–Kier alpha value is -2.31. The van der Waals surface area contributed by atoms with Crippen molar-refractivity contribution in [2.24, 2.45) is 0 Å². The van der Waals surface area contributed by atoms with Gasteiger partial charge in [-0.15, -0.1) is 0 Å². The van der Waals surface area contributed by atoms with Crippen molar-refractivity contribution in [3.05, 3.63) is 45.7 Å². The lowest BCUT2D eigenvalue weighted by molar-refractivity contribution is -0.114. The van der Waals surface area contributed by atoms with Gasteiger partial charge < -0.3 is 10.6 Å². The molecule has 0 fully saturated rings. The van der Waals surface area contributed by atoms with E-state index in [2.05, 4.69) is 22.7 Å². The van der Waals surface area contributed by atoms with E-state index in [4.69, 9.17) is 23.2 Å². The highest BCUT2D eigenvalue weighted by Crippen LogP contribution is 2.26. The van der Waals surface area contributed by atoms with Crippen molar-refractivity contribution >= 4 is 52.5 Å². The van der Waals surface area contributed by atoms with Crippen LogP contribution in [0, 0.1) is 6.92 Å². The van der Waals surface area contributed by atoms with E-state index in [1.54, 1.807) is 29.0 Å². The van der Waals surface area contributed by atoms with Crippen molar-refractivity contribution in [2.45, 2.75) is 40.2 Å². The number of aromatic nitrogens is 2. The van der Waals surface area contributed by atoms with E-state index < -0.39 is 0 Å². The zero-order chi connectivity index (χ0) is 20.0. The number of benzene rings is 1. The number of halogens is 2. The van der Waals surface area contributed by atoms with Crippen LogP contribution in [0.4, 0.5) is 11.4 Å². The van der Waals surface area contributed by atoms with Gasteiger partial charge in [-0.1, -0.05) is 36.5 Å². The van der Waals surface area contributed by atoms with Crippen molar-refractivity contribution in [1.82, 2.24) is 9.78 Å². The number of carbonyl (C=O) groups is 2. The number of unbranched alkanes of at least 4 members (excludes halogenated alkanes) is 1. The predicted octanol–water partition coefficient (Wildman–Crippen LogP) is 4.91. The molecule has 2 N–H and O–H groups in total. The summed E-state index contributed by atoms with van der Waals surface area (Å²) in [6, 6.07) is 4.85. The lowest BCUT2D eigenvalue weighted by Gasteiger charge is -2.07. The largest absolute Gasteiger partial charge is 0.325 e. The molecule has 2 aromatic rings. The first-order chi connectivity index (χ1) is 12.8. The van der Waals surface area contributed by atoms with Gasteiger partial charge in [0.15, 0.2) is 0 Å². The molecule has 1 aromatic heterocycles. The molecule has 0 spiro atoms. The highest BCUT2D eigenvalue weighted by Gasteiger charge is 2.11. The van der Waals surface area contributed by atoms with E-state index in [0.29, 0.717) is 21.6 Å². The van der Waals surface area contributed by atoms with Crippen LogP contribution in [0.15, 0.2) is 24.3 Å². The smallest absolute Gasteiger partial charge is 0.248 e. The quantitative estimate of drug-likeness (QED) is 0.638. The van der Waals surface area contributed by atoms with Crippen molar-refractivity contribution in [1.29, 1.82) is 0 Å². The summed E-state index contributed by atoms with van der Waals surface area (Å²) in [6.07, 6.45) is 5.08. The van der Waals surface area contributed by atoms with Crippen molar-refractivity contribution < 1.29 is 9.59 Å². The van der Waals surface area contributed by atoms with Gasteiger partial charge in [0.05, 0.1) is 16.4 Å². The van der Waals surface area contributed by atoms with Gasteiger partial charge in [0.1, 0.15) is 5.15 Å².